The molecule has 9 heteroatoms. The number of aromatic nitrogens is 1. The van der Waals surface area contributed by atoms with Crippen molar-refractivity contribution in [1.82, 2.24) is 4.98 Å². The van der Waals surface area contributed by atoms with Crippen LogP contribution >= 0.6 is 0 Å². The maximum Gasteiger partial charge on any atom is 0.341 e. The Labute approximate surface area is 126 Å². The molecule has 0 bridgehead atoms. The van der Waals surface area contributed by atoms with Crippen molar-refractivity contribution in [3.8, 4) is 5.75 Å². The number of rotatable bonds is 3. The Morgan fingerprint density at radius 1 is 1.35 bits per heavy atom. The minimum atomic E-state index is -2.02. The van der Waals surface area contributed by atoms with Crippen molar-refractivity contribution in [3.05, 3.63) is 33.1 Å². The molecule has 6 nitrogen and oxygen atoms in total. The van der Waals surface area contributed by atoms with E-state index in [0.717, 1.165) is 7.11 Å². The lowest BCUT2D eigenvalue weighted by atomic mass is 10.0. The minimum Gasteiger partial charge on any atom is -0.491 e. The molecule has 1 aliphatic rings. The van der Waals surface area contributed by atoms with Gasteiger partial charge < -0.3 is 20.6 Å². The molecule has 1 saturated carbocycles. The molecule has 0 saturated heterocycles. The summed E-state index contributed by atoms with van der Waals surface area (Å²) in [5.74, 6) is -5.35. The first-order valence-corrected chi connectivity index (χ1v) is 6.56. The van der Waals surface area contributed by atoms with Crippen LogP contribution in [-0.4, -0.2) is 23.2 Å². The molecular weight excluding hydrogens is 317 g/mol. The molecule has 23 heavy (non-hydrogen) atoms. The molecule has 0 atom stereocenters. The normalized spacial score (nSPS) is 15.7. The number of carboxylic acids is 1. The zero-order chi connectivity index (χ0) is 17.1. The van der Waals surface area contributed by atoms with Gasteiger partial charge in [0, 0.05) is 0 Å². The van der Waals surface area contributed by atoms with Crippen LogP contribution in [0.2, 0.25) is 0 Å². The monoisotopic (exact) mass is 328 g/mol. The fourth-order valence-corrected chi connectivity index (χ4v) is 2.56. The molecule has 0 spiro atoms. The Morgan fingerprint density at radius 2 is 1.96 bits per heavy atom. The molecule has 0 unspecified atom stereocenters. The van der Waals surface area contributed by atoms with Crippen LogP contribution in [0.25, 0.3) is 10.9 Å². The van der Waals surface area contributed by atoms with Crippen molar-refractivity contribution in [2.45, 2.75) is 18.5 Å². The molecule has 1 aliphatic carbocycles. The van der Waals surface area contributed by atoms with Crippen LogP contribution in [0.3, 0.4) is 0 Å². The highest BCUT2D eigenvalue weighted by Crippen LogP contribution is 2.50. The lowest BCUT2D eigenvalue weighted by molar-refractivity contribution is 0.0690. The van der Waals surface area contributed by atoms with Gasteiger partial charge in [0.15, 0.2) is 17.2 Å². The summed E-state index contributed by atoms with van der Waals surface area (Å²) in [5.41, 5.74) is -0.419. The van der Waals surface area contributed by atoms with E-state index in [1.54, 1.807) is 0 Å². The maximum absolute atomic E-state index is 14.4. The Kier molecular flexibility index (Phi) is 3.07. The van der Waals surface area contributed by atoms with Gasteiger partial charge in [-0.1, -0.05) is 0 Å². The largest absolute Gasteiger partial charge is 0.491 e. The average molecular weight is 328 g/mol. The molecular formula is C14H11F3N2O4. The second-order valence-corrected chi connectivity index (χ2v) is 5.30. The van der Waals surface area contributed by atoms with Crippen LogP contribution in [0, 0.1) is 11.6 Å². The number of ether oxygens (including phenoxy) is 1. The standard InChI is InChI=1S/C14H11F3N2O4/c1-23-11-7(16)6(15)8(18)4-9(11)19-12(14(17)2-3-14)5(10(4)20)13(21)22/h2-3,18H2,1H3,(H,19,20)(H,21,22). The SMILES string of the molecule is COc1c(F)c(F)c(N)c2c(=O)c(C(=O)O)c(C3(F)CC3)[nH]c12. The van der Waals surface area contributed by atoms with Crippen molar-refractivity contribution >= 4 is 22.6 Å². The zero-order valence-corrected chi connectivity index (χ0v) is 11.8. The number of benzene rings is 1. The minimum absolute atomic E-state index is 0.0101. The molecule has 4 N–H and O–H groups in total. The van der Waals surface area contributed by atoms with Crippen molar-refractivity contribution in [2.24, 2.45) is 0 Å². The van der Waals surface area contributed by atoms with Gasteiger partial charge in [-0.2, -0.15) is 4.39 Å². The molecule has 122 valence electrons. The van der Waals surface area contributed by atoms with Crippen molar-refractivity contribution in [3.63, 3.8) is 0 Å². The number of carboxylic acid groups (broad SMARTS) is 1. The molecule has 0 amide bonds. The van der Waals surface area contributed by atoms with E-state index in [9.17, 15) is 27.9 Å². The molecule has 1 aromatic heterocycles. The van der Waals surface area contributed by atoms with Gasteiger partial charge in [0.05, 0.1) is 29.4 Å². The third-order valence-electron chi connectivity index (χ3n) is 3.88. The molecule has 0 aliphatic heterocycles. The lowest BCUT2D eigenvalue weighted by Gasteiger charge is -2.15. The van der Waals surface area contributed by atoms with Crippen molar-refractivity contribution in [2.75, 3.05) is 12.8 Å². The van der Waals surface area contributed by atoms with Crippen LogP contribution < -0.4 is 15.9 Å². The summed E-state index contributed by atoms with van der Waals surface area (Å²) in [6.45, 7) is 0. The number of halogens is 3. The summed E-state index contributed by atoms with van der Waals surface area (Å²) in [4.78, 5) is 26.2. The summed E-state index contributed by atoms with van der Waals surface area (Å²) in [5, 5.41) is 8.62. The number of aromatic carboxylic acids is 1. The third-order valence-corrected chi connectivity index (χ3v) is 3.88. The van der Waals surface area contributed by atoms with Gasteiger partial charge in [-0.3, -0.25) is 4.79 Å². The molecule has 1 aromatic carbocycles. The summed E-state index contributed by atoms with van der Waals surface area (Å²) in [6.07, 6.45) is 0.0202. The number of anilines is 1. The second kappa shape index (κ2) is 4.64. The molecule has 1 fully saturated rings. The average Bonchev–Trinajstić information content (AvgIpc) is 3.23. The van der Waals surface area contributed by atoms with Crippen LogP contribution in [0.5, 0.6) is 5.75 Å². The van der Waals surface area contributed by atoms with E-state index in [4.69, 9.17) is 10.5 Å². The maximum atomic E-state index is 14.4. The molecule has 0 radical (unpaired) electrons. The van der Waals surface area contributed by atoms with E-state index < -0.39 is 56.8 Å². The van der Waals surface area contributed by atoms with E-state index >= 15 is 0 Å². The first-order chi connectivity index (χ1) is 10.7. The number of carbonyl (C=O) groups is 1. The Bertz CT molecular complexity index is 919. The predicted molar refractivity (Wildman–Crippen MR) is 74.4 cm³/mol. The fourth-order valence-electron chi connectivity index (χ4n) is 2.56. The van der Waals surface area contributed by atoms with Crippen molar-refractivity contribution < 1.29 is 27.8 Å². The number of nitrogen functional groups attached to an aromatic ring is 1. The summed E-state index contributed by atoms with van der Waals surface area (Å²) in [6, 6.07) is 0. The number of aromatic amines is 1. The van der Waals surface area contributed by atoms with Gasteiger partial charge in [0.25, 0.3) is 0 Å². The number of fused-ring (bicyclic) bond motifs is 1. The number of alkyl halides is 1. The fraction of sp³-hybridized carbons (Fsp3) is 0.286. The van der Waals surface area contributed by atoms with Gasteiger partial charge in [0.2, 0.25) is 11.2 Å². The van der Waals surface area contributed by atoms with Gasteiger partial charge >= 0.3 is 5.97 Å². The van der Waals surface area contributed by atoms with Crippen LogP contribution in [0.15, 0.2) is 4.79 Å². The molecule has 2 aromatic rings. The first kappa shape index (κ1) is 15.2. The Balaban J connectivity index is 2.58. The Morgan fingerprint density at radius 3 is 2.43 bits per heavy atom. The van der Waals surface area contributed by atoms with E-state index in [0.29, 0.717) is 0 Å². The number of hydrogen-bond donors (Lipinski definition) is 3. The molecule has 1 heterocycles. The smallest absolute Gasteiger partial charge is 0.341 e. The summed E-state index contributed by atoms with van der Waals surface area (Å²) in [7, 11) is 1.03. The van der Waals surface area contributed by atoms with Gasteiger partial charge in [-0.25, -0.2) is 13.6 Å². The van der Waals surface area contributed by atoms with Crippen molar-refractivity contribution in [1.29, 1.82) is 0 Å². The number of pyridine rings is 1. The van der Waals surface area contributed by atoms with Crippen LogP contribution in [0.1, 0.15) is 28.9 Å². The quantitative estimate of drug-likeness (QED) is 0.748. The highest BCUT2D eigenvalue weighted by atomic mass is 19.2. The summed E-state index contributed by atoms with van der Waals surface area (Å²) >= 11 is 0. The van der Waals surface area contributed by atoms with Gasteiger partial charge in [-0.15, -0.1) is 0 Å². The third kappa shape index (κ3) is 1.96. The van der Waals surface area contributed by atoms with Crippen LogP contribution in [0.4, 0.5) is 18.9 Å². The van der Waals surface area contributed by atoms with Crippen LogP contribution in [-0.2, 0) is 5.67 Å². The lowest BCUT2D eigenvalue weighted by Crippen LogP contribution is -2.24. The number of methoxy groups -OCH3 is 1. The van der Waals surface area contributed by atoms with Gasteiger partial charge in [0.1, 0.15) is 5.56 Å². The highest BCUT2D eigenvalue weighted by Gasteiger charge is 2.49. The predicted octanol–water partition coefficient (Wildman–Crippen LogP) is 2.05. The summed E-state index contributed by atoms with van der Waals surface area (Å²) < 4.78 is 46.9. The second-order valence-electron chi connectivity index (χ2n) is 5.30. The Hall–Kier alpha value is -2.71. The van der Waals surface area contributed by atoms with E-state index in [1.807, 2.05) is 0 Å². The van der Waals surface area contributed by atoms with Gasteiger partial charge in [-0.05, 0) is 12.8 Å². The van der Waals surface area contributed by atoms with E-state index in [2.05, 4.69) is 4.98 Å². The van der Waals surface area contributed by atoms with E-state index in [-0.39, 0.29) is 18.4 Å². The molecule has 3 rings (SSSR count). The number of nitrogens with two attached hydrogens (primary N) is 1. The number of nitrogens with one attached hydrogen (secondary N) is 1. The zero-order valence-electron chi connectivity index (χ0n) is 11.8. The highest BCUT2D eigenvalue weighted by molar-refractivity contribution is 6.00. The topological polar surface area (TPSA) is 105 Å². The van der Waals surface area contributed by atoms with E-state index in [1.165, 1.54) is 0 Å². The number of H-pyrrole nitrogens is 1. The number of hydrogen-bond acceptors (Lipinski definition) is 4. The first-order valence-electron chi connectivity index (χ1n) is 6.56.